The monoisotopic (exact) mass is 217 g/mol. The minimum atomic E-state index is 0.484. The van der Waals surface area contributed by atoms with Crippen molar-refractivity contribution in [1.29, 1.82) is 0 Å². The molecule has 15 heavy (non-hydrogen) atoms. The second-order valence-electron chi connectivity index (χ2n) is 3.12. The van der Waals surface area contributed by atoms with Gasteiger partial charge in [-0.15, -0.1) is 10.2 Å². The van der Waals surface area contributed by atoms with Crippen LogP contribution in [0.4, 0.5) is 5.13 Å². The van der Waals surface area contributed by atoms with Gasteiger partial charge in [0.15, 0.2) is 0 Å². The minimum Gasteiger partial charge on any atom is -0.464 e. The minimum absolute atomic E-state index is 0.484. The van der Waals surface area contributed by atoms with Crippen LogP contribution in [0.2, 0.25) is 0 Å². The van der Waals surface area contributed by atoms with E-state index in [0.29, 0.717) is 5.13 Å². The van der Waals surface area contributed by atoms with E-state index in [9.17, 15) is 0 Å². The van der Waals surface area contributed by atoms with E-state index in [-0.39, 0.29) is 0 Å². The third-order valence-corrected chi connectivity index (χ3v) is 2.94. The van der Waals surface area contributed by atoms with E-state index in [0.717, 1.165) is 21.5 Å². The predicted molar refractivity (Wildman–Crippen MR) is 59.5 cm³/mol. The number of nitrogens with zero attached hydrogens (tertiary/aromatic N) is 2. The quantitative estimate of drug-likeness (QED) is 0.680. The molecule has 2 aromatic heterocycles. The molecule has 5 heteroatoms. The van der Waals surface area contributed by atoms with Crippen LogP contribution in [0.15, 0.2) is 34.9 Å². The normalized spacial score (nSPS) is 10.9. The number of nitrogens with two attached hydrogens (primary N) is 1. The van der Waals surface area contributed by atoms with Crippen LogP contribution in [-0.4, -0.2) is 10.2 Å². The van der Waals surface area contributed by atoms with Crippen LogP contribution in [0.5, 0.6) is 0 Å². The van der Waals surface area contributed by atoms with Crippen molar-refractivity contribution in [3.63, 3.8) is 0 Å². The first kappa shape index (κ1) is 8.43. The molecule has 0 spiro atoms. The highest BCUT2D eigenvalue weighted by atomic mass is 32.1. The lowest BCUT2D eigenvalue weighted by Gasteiger charge is -1.94. The summed E-state index contributed by atoms with van der Waals surface area (Å²) in [7, 11) is 0. The number of furan rings is 1. The SMILES string of the molecule is Nc1nnc(-c2ccc3occc3c2)s1. The Bertz CT molecular complexity index is 614. The van der Waals surface area contributed by atoms with Crippen molar-refractivity contribution in [2.75, 3.05) is 5.73 Å². The molecule has 0 radical (unpaired) electrons. The van der Waals surface area contributed by atoms with Crippen LogP contribution in [0.3, 0.4) is 0 Å². The number of hydrogen-bond donors (Lipinski definition) is 1. The van der Waals surface area contributed by atoms with Crippen molar-refractivity contribution in [1.82, 2.24) is 10.2 Å². The summed E-state index contributed by atoms with van der Waals surface area (Å²) >= 11 is 1.38. The number of hydrogen-bond acceptors (Lipinski definition) is 5. The summed E-state index contributed by atoms with van der Waals surface area (Å²) in [6, 6.07) is 7.80. The molecule has 0 saturated heterocycles. The topological polar surface area (TPSA) is 64.9 Å². The van der Waals surface area contributed by atoms with Crippen molar-refractivity contribution in [3.8, 4) is 10.6 Å². The Morgan fingerprint density at radius 3 is 2.93 bits per heavy atom. The number of nitrogen functional groups attached to an aromatic ring is 1. The molecule has 0 unspecified atom stereocenters. The molecule has 0 aliphatic heterocycles. The number of benzene rings is 1. The fraction of sp³-hybridized carbons (Fsp3) is 0. The second-order valence-corrected chi connectivity index (χ2v) is 4.13. The Labute approximate surface area is 89.4 Å². The van der Waals surface area contributed by atoms with Gasteiger partial charge in [-0.1, -0.05) is 11.3 Å². The van der Waals surface area contributed by atoms with Crippen molar-refractivity contribution in [2.24, 2.45) is 0 Å². The maximum atomic E-state index is 5.53. The Kier molecular flexibility index (Phi) is 1.72. The van der Waals surface area contributed by atoms with Gasteiger partial charge in [0.2, 0.25) is 5.13 Å². The highest BCUT2D eigenvalue weighted by Gasteiger charge is 2.05. The molecular formula is C10H7N3OS. The molecule has 1 aromatic carbocycles. The molecule has 3 aromatic rings. The Balaban J connectivity index is 2.18. The fourth-order valence-corrected chi connectivity index (χ4v) is 2.06. The number of anilines is 1. The first-order valence-electron chi connectivity index (χ1n) is 4.39. The molecule has 74 valence electrons. The number of rotatable bonds is 1. The zero-order valence-electron chi connectivity index (χ0n) is 7.68. The lowest BCUT2D eigenvalue weighted by atomic mass is 10.2. The van der Waals surface area contributed by atoms with Crippen LogP contribution in [0, 0.1) is 0 Å². The van der Waals surface area contributed by atoms with E-state index in [4.69, 9.17) is 10.2 Å². The van der Waals surface area contributed by atoms with Crippen molar-refractivity contribution in [2.45, 2.75) is 0 Å². The zero-order valence-corrected chi connectivity index (χ0v) is 8.49. The summed E-state index contributed by atoms with van der Waals surface area (Å²) in [5.41, 5.74) is 7.42. The van der Waals surface area contributed by atoms with E-state index < -0.39 is 0 Å². The summed E-state index contributed by atoms with van der Waals surface area (Å²) in [4.78, 5) is 0. The highest BCUT2D eigenvalue weighted by Crippen LogP contribution is 2.27. The van der Waals surface area contributed by atoms with Crippen molar-refractivity contribution in [3.05, 3.63) is 30.5 Å². The summed E-state index contributed by atoms with van der Waals surface area (Å²) in [6.45, 7) is 0. The second kappa shape index (κ2) is 3.06. The smallest absolute Gasteiger partial charge is 0.203 e. The Hall–Kier alpha value is -1.88. The van der Waals surface area contributed by atoms with Crippen molar-refractivity contribution >= 4 is 27.4 Å². The Morgan fingerprint density at radius 2 is 2.13 bits per heavy atom. The summed E-state index contributed by atoms with van der Waals surface area (Å²) in [5, 5.41) is 10.1. The molecule has 2 heterocycles. The first-order chi connectivity index (χ1) is 7.33. The van der Waals surface area contributed by atoms with E-state index in [1.807, 2.05) is 24.3 Å². The first-order valence-corrected chi connectivity index (χ1v) is 5.21. The van der Waals surface area contributed by atoms with Crippen LogP contribution < -0.4 is 5.73 Å². The summed E-state index contributed by atoms with van der Waals surface area (Å²) in [6.07, 6.45) is 1.67. The van der Waals surface area contributed by atoms with Gasteiger partial charge in [-0.2, -0.15) is 0 Å². The number of aromatic nitrogens is 2. The van der Waals surface area contributed by atoms with Gasteiger partial charge in [0.25, 0.3) is 0 Å². The van der Waals surface area contributed by atoms with Gasteiger partial charge >= 0.3 is 0 Å². The Morgan fingerprint density at radius 1 is 1.20 bits per heavy atom. The van der Waals surface area contributed by atoms with Crippen LogP contribution in [0.1, 0.15) is 0 Å². The van der Waals surface area contributed by atoms with E-state index in [2.05, 4.69) is 10.2 Å². The van der Waals surface area contributed by atoms with Gasteiger partial charge in [0, 0.05) is 10.9 Å². The molecule has 0 bridgehead atoms. The van der Waals surface area contributed by atoms with Gasteiger partial charge in [-0.05, 0) is 24.3 Å². The molecular weight excluding hydrogens is 210 g/mol. The van der Waals surface area contributed by atoms with Gasteiger partial charge in [0.05, 0.1) is 6.26 Å². The fourth-order valence-electron chi connectivity index (χ4n) is 1.45. The third kappa shape index (κ3) is 1.37. The molecule has 4 nitrogen and oxygen atoms in total. The maximum Gasteiger partial charge on any atom is 0.203 e. The van der Waals surface area contributed by atoms with Gasteiger partial charge in [-0.25, -0.2) is 0 Å². The molecule has 0 amide bonds. The average molecular weight is 217 g/mol. The highest BCUT2D eigenvalue weighted by molar-refractivity contribution is 7.18. The summed E-state index contributed by atoms with van der Waals surface area (Å²) < 4.78 is 5.26. The standard InChI is InChI=1S/C10H7N3OS/c11-10-13-12-9(15-10)7-1-2-8-6(5-7)3-4-14-8/h1-5H,(H2,11,13). The molecule has 0 atom stereocenters. The van der Waals surface area contributed by atoms with E-state index in [1.165, 1.54) is 11.3 Å². The predicted octanol–water partition coefficient (Wildman–Crippen LogP) is 2.53. The maximum absolute atomic E-state index is 5.53. The average Bonchev–Trinajstić information content (AvgIpc) is 2.84. The zero-order chi connectivity index (χ0) is 10.3. The van der Waals surface area contributed by atoms with Crippen LogP contribution in [0.25, 0.3) is 21.5 Å². The largest absolute Gasteiger partial charge is 0.464 e. The van der Waals surface area contributed by atoms with Crippen molar-refractivity contribution < 1.29 is 4.42 Å². The van der Waals surface area contributed by atoms with E-state index >= 15 is 0 Å². The van der Waals surface area contributed by atoms with Gasteiger partial charge < -0.3 is 10.2 Å². The lowest BCUT2D eigenvalue weighted by molar-refractivity contribution is 0.616. The third-order valence-electron chi connectivity index (χ3n) is 2.14. The molecule has 2 N–H and O–H groups in total. The van der Waals surface area contributed by atoms with Crippen LogP contribution in [-0.2, 0) is 0 Å². The molecule has 3 rings (SSSR count). The van der Waals surface area contributed by atoms with Crippen LogP contribution >= 0.6 is 11.3 Å². The lowest BCUT2D eigenvalue weighted by Crippen LogP contribution is -1.80. The van der Waals surface area contributed by atoms with E-state index in [1.54, 1.807) is 6.26 Å². The summed E-state index contributed by atoms with van der Waals surface area (Å²) in [5.74, 6) is 0. The van der Waals surface area contributed by atoms with Gasteiger partial charge in [0.1, 0.15) is 10.6 Å². The molecule has 0 aliphatic carbocycles. The number of fused-ring (bicyclic) bond motifs is 1. The molecule has 0 fully saturated rings. The molecule has 0 aliphatic rings. The molecule has 0 saturated carbocycles. The van der Waals surface area contributed by atoms with Gasteiger partial charge in [-0.3, -0.25) is 0 Å².